The largest absolute Gasteiger partial charge is 0.271 e. The van der Waals surface area contributed by atoms with E-state index >= 15 is 0 Å². The third-order valence-electron chi connectivity index (χ3n) is 3.81. The van der Waals surface area contributed by atoms with Crippen molar-refractivity contribution < 1.29 is 4.79 Å². The Morgan fingerprint density at radius 2 is 2.00 bits per heavy atom. The Balaban J connectivity index is 1.85. The Kier molecular flexibility index (Phi) is 3.45. The first-order valence-electron chi connectivity index (χ1n) is 7.69. The van der Waals surface area contributed by atoms with E-state index in [9.17, 15) is 4.79 Å². The fourth-order valence-electron chi connectivity index (χ4n) is 2.58. The van der Waals surface area contributed by atoms with Crippen LogP contribution >= 0.6 is 0 Å². The summed E-state index contributed by atoms with van der Waals surface area (Å²) in [4.78, 5) is 33.4. The molecule has 1 amide bonds. The smallest absolute Gasteiger partial charge is 0.270 e. The number of benzene rings is 1. The number of nitrogens with zero attached hydrogens (tertiary/aromatic N) is 6. The zero-order valence-corrected chi connectivity index (χ0v) is 13.0. The molecule has 7 nitrogen and oxygen atoms in total. The summed E-state index contributed by atoms with van der Waals surface area (Å²) in [6.07, 6.45) is 5.62. The third kappa shape index (κ3) is 2.40. The maximum atomic E-state index is 11.8. The van der Waals surface area contributed by atoms with Crippen molar-refractivity contribution in [2.45, 2.75) is 19.4 Å². The first-order valence-corrected chi connectivity index (χ1v) is 7.69. The molecule has 0 bridgehead atoms. The zero-order valence-electron chi connectivity index (χ0n) is 13.0. The fraction of sp³-hybridized carbons (Fsp3) is 0.176. The van der Waals surface area contributed by atoms with Gasteiger partial charge in [0.1, 0.15) is 17.2 Å². The van der Waals surface area contributed by atoms with Gasteiger partial charge in [-0.2, -0.15) is 4.98 Å². The summed E-state index contributed by atoms with van der Waals surface area (Å²) in [5, 5.41) is 0.412. The van der Waals surface area contributed by atoms with E-state index in [0.29, 0.717) is 23.2 Å². The van der Waals surface area contributed by atoms with Crippen LogP contribution in [0.5, 0.6) is 0 Å². The lowest BCUT2D eigenvalue weighted by Gasteiger charge is -2.10. The van der Waals surface area contributed by atoms with E-state index in [-0.39, 0.29) is 5.91 Å². The lowest BCUT2D eigenvalue weighted by atomic mass is 10.2. The Morgan fingerprint density at radius 1 is 1.17 bits per heavy atom. The summed E-state index contributed by atoms with van der Waals surface area (Å²) in [6.45, 7) is 1.90. The van der Waals surface area contributed by atoms with E-state index < -0.39 is 6.04 Å². The minimum absolute atomic E-state index is 0.242. The van der Waals surface area contributed by atoms with E-state index in [0.717, 1.165) is 11.4 Å². The Hall–Kier alpha value is -3.22. The molecular weight excluding hydrogens is 304 g/mol. The number of aromatic nitrogens is 4. The predicted octanol–water partition coefficient (Wildman–Crippen LogP) is 0.887. The average molecular weight is 318 g/mol. The number of amides is 1. The van der Waals surface area contributed by atoms with Crippen LogP contribution in [0.15, 0.2) is 58.9 Å². The van der Waals surface area contributed by atoms with E-state index in [1.165, 1.54) is 6.20 Å². The minimum Gasteiger partial charge on any atom is -0.270 e. The van der Waals surface area contributed by atoms with Crippen molar-refractivity contribution >= 4 is 5.91 Å². The Morgan fingerprint density at radius 3 is 2.79 bits per heavy atom. The molecule has 0 fully saturated rings. The van der Waals surface area contributed by atoms with Gasteiger partial charge in [0.15, 0.2) is 5.49 Å². The Labute approximate surface area is 137 Å². The third-order valence-corrected chi connectivity index (χ3v) is 3.81. The molecule has 1 atom stereocenters. The number of carbonyl (C=O) groups is 1. The van der Waals surface area contributed by atoms with Crippen LogP contribution in [-0.4, -0.2) is 31.5 Å². The van der Waals surface area contributed by atoms with Gasteiger partial charge in [-0.1, -0.05) is 37.3 Å². The Bertz CT molecular complexity index is 1020. The second-order valence-corrected chi connectivity index (χ2v) is 5.37. The van der Waals surface area contributed by atoms with Crippen LogP contribution < -0.4 is 10.8 Å². The van der Waals surface area contributed by atoms with Crippen LogP contribution in [0, 0.1) is 0 Å². The topological polar surface area (TPSA) is 85.4 Å². The SMILES string of the molecule is CCC1N=c2nc(-n3ccnc3-c3ccccc3)ncc2=NC1=O. The number of rotatable bonds is 3. The number of carbonyl (C=O) groups excluding carboxylic acids is 1. The molecule has 24 heavy (non-hydrogen) atoms. The molecule has 0 saturated carbocycles. The molecule has 3 aromatic rings. The highest BCUT2D eigenvalue weighted by Crippen LogP contribution is 2.18. The molecule has 1 aromatic carbocycles. The maximum Gasteiger partial charge on any atom is 0.271 e. The quantitative estimate of drug-likeness (QED) is 0.717. The predicted molar refractivity (Wildman–Crippen MR) is 86.0 cm³/mol. The molecule has 3 heterocycles. The van der Waals surface area contributed by atoms with Crippen LogP contribution in [-0.2, 0) is 4.79 Å². The molecule has 4 rings (SSSR count). The lowest BCUT2D eigenvalue weighted by molar-refractivity contribution is -0.119. The van der Waals surface area contributed by atoms with E-state index in [1.54, 1.807) is 17.0 Å². The first-order chi connectivity index (χ1) is 11.8. The van der Waals surface area contributed by atoms with E-state index in [4.69, 9.17) is 0 Å². The van der Waals surface area contributed by atoms with Crippen molar-refractivity contribution in [2.75, 3.05) is 0 Å². The summed E-state index contributed by atoms with van der Waals surface area (Å²) in [5.74, 6) is 0.952. The van der Waals surface area contributed by atoms with Crippen molar-refractivity contribution in [2.24, 2.45) is 9.98 Å². The molecule has 0 radical (unpaired) electrons. The second kappa shape index (κ2) is 5.77. The van der Waals surface area contributed by atoms with Crippen LogP contribution in [0.3, 0.4) is 0 Å². The fourth-order valence-corrected chi connectivity index (χ4v) is 2.58. The second-order valence-electron chi connectivity index (χ2n) is 5.37. The van der Waals surface area contributed by atoms with Gasteiger partial charge in [0.05, 0.1) is 6.20 Å². The highest BCUT2D eigenvalue weighted by Gasteiger charge is 2.19. The van der Waals surface area contributed by atoms with Crippen molar-refractivity contribution in [3.05, 3.63) is 59.8 Å². The molecule has 0 saturated heterocycles. The average Bonchev–Trinajstić information content (AvgIpc) is 3.11. The summed E-state index contributed by atoms with van der Waals surface area (Å²) in [6, 6.07) is 9.35. The number of fused-ring (bicyclic) bond motifs is 1. The molecular formula is C17H14N6O. The van der Waals surface area contributed by atoms with Gasteiger partial charge >= 0.3 is 0 Å². The van der Waals surface area contributed by atoms with Gasteiger partial charge in [0.25, 0.3) is 5.91 Å². The van der Waals surface area contributed by atoms with E-state index in [1.807, 2.05) is 37.3 Å². The van der Waals surface area contributed by atoms with Gasteiger partial charge in [0.2, 0.25) is 5.95 Å². The van der Waals surface area contributed by atoms with Crippen molar-refractivity contribution in [1.29, 1.82) is 0 Å². The summed E-state index contributed by atoms with van der Waals surface area (Å²) in [7, 11) is 0. The van der Waals surface area contributed by atoms with Gasteiger partial charge in [0, 0.05) is 18.0 Å². The molecule has 2 aromatic heterocycles. The molecule has 0 aliphatic carbocycles. The van der Waals surface area contributed by atoms with Crippen LogP contribution in [0.2, 0.25) is 0 Å². The summed E-state index contributed by atoms with van der Waals surface area (Å²) < 4.78 is 1.79. The van der Waals surface area contributed by atoms with Crippen molar-refractivity contribution in [3.63, 3.8) is 0 Å². The molecule has 0 N–H and O–H groups in total. The summed E-state index contributed by atoms with van der Waals surface area (Å²) in [5.41, 5.74) is 1.41. The monoisotopic (exact) mass is 318 g/mol. The molecule has 1 unspecified atom stereocenters. The maximum absolute atomic E-state index is 11.8. The van der Waals surface area contributed by atoms with Gasteiger partial charge in [-0.15, -0.1) is 0 Å². The van der Waals surface area contributed by atoms with Crippen LogP contribution in [0.25, 0.3) is 17.3 Å². The molecule has 1 aliphatic heterocycles. The molecule has 7 heteroatoms. The molecule has 118 valence electrons. The van der Waals surface area contributed by atoms with Crippen molar-refractivity contribution in [3.8, 4) is 17.3 Å². The zero-order chi connectivity index (χ0) is 16.5. The number of hydrogen-bond donors (Lipinski definition) is 0. The standard InChI is InChI=1S/C17H14N6O/c1-2-12-16(24)21-13-10-19-17(22-14(13)20-12)23-9-8-18-15(23)11-6-4-3-5-7-11/h3-10,12H,2H2,1H3. The van der Waals surface area contributed by atoms with Gasteiger partial charge < -0.3 is 0 Å². The number of imidazole rings is 1. The highest BCUT2D eigenvalue weighted by atomic mass is 16.1. The van der Waals surface area contributed by atoms with Crippen LogP contribution in [0.1, 0.15) is 13.3 Å². The van der Waals surface area contributed by atoms with Gasteiger partial charge in [-0.25, -0.2) is 15.0 Å². The normalized spacial score (nSPS) is 16.2. The first kappa shape index (κ1) is 14.4. The van der Waals surface area contributed by atoms with Gasteiger partial charge in [-0.05, 0) is 6.42 Å². The molecule has 0 spiro atoms. The van der Waals surface area contributed by atoms with E-state index in [2.05, 4.69) is 24.9 Å². The van der Waals surface area contributed by atoms with Crippen LogP contribution in [0.4, 0.5) is 0 Å². The lowest BCUT2D eigenvalue weighted by Crippen LogP contribution is -2.39. The summed E-state index contributed by atoms with van der Waals surface area (Å²) >= 11 is 0. The van der Waals surface area contributed by atoms with Crippen molar-refractivity contribution in [1.82, 2.24) is 19.5 Å². The van der Waals surface area contributed by atoms with Gasteiger partial charge in [-0.3, -0.25) is 14.4 Å². The molecule has 1 aliphatic rings. The minimum atomic E-state index is -0.461. The highest BCUT2D eigenvalue weighted by molar-refractivity contribution is 5.83. The number of hydrogen-bond acceptors (Lipinski definition) is 5.